The largest absolute Gasteiger partial charge is 0.435 e. The van der Waals surface area contributed by atoms with Gasteiger partial charge in [-0.3, -0.25) is 9.59 Å². The summed E-state index contributed by atoms with van der Waals surface area (Å²) in [5.41, 5.74) is -3.38. The number of likely N-dealkylation sites (tertiary alicyclic amines) is 1. The summed E-state index contributed by atoms with van der Waals surface area (Å²) in [6.07, 6.45) is -12.2. The first-order chi connectivity index (χ1) is 20.7. The summed E-state index contributed by atoms with van der Waals surface area (Å²) in [5, 5.41) is 0. The Balaban J connectivity index is 1.64. The minimum Gasteiger partial charge on any atom is -0.369 e. The topological polar surface area (TPSA) is 97.5 Å². The highest BCUT2D eigenvalue weighted by Crippen LogP contribution is 2.57. The van der Waals surface area contributed by atoms with Crippen LogP contribution in [0.15, 0.2) is 47.4 Å². The summed E-state index contributed by atoms with van der Waals surface area (Å²) in [6, 6.07) is 4.16. The minimum atomic E-state index is -6.37. The number of hydrogen-bond donors (Lipinski definition) is 1. The third-order valence-corrected chi connectivity index (χ3v) is 12.5. The second-order valence-electron chi connectivity index (χ2n) is 12.4. The maximum Gasteiger partial charge on any atom is 0.435 e. The molecule has 6 nitrogen and oxygen atoms in total. The molecule has 2 N–H and O–H groups in total. The van der Waals surface area contributed by atoms with Gasteiger partial charge in [0.05, 0.1) is 10.9 Å². The molecule has 1 aliphatic heterocycles. The molecule has 2 aliphatic carbocycles. The number of aryl methyl sites for hydroxylation is 1. The zero-order valence-corrected chi connectivity index (χ0v) is 24.8. The van der Waals surface area contributed by atoms with Crippen LogP contribution in [0, 0.1) is 17.2 Å². The van der Waals surface area contributed by atoms with Crippen molar-refractivity contribution in [3.05, 3.63) is 65.0 Å². The van der Waals surface area contributed by atoms with Gasteiger partial charge in [-0.05, 0) is 80.3 Å². The van der Waals surface area contributed by atoms with Crippen molar-refractivity contribution in [3.8, 4) is 0 Å². The van der Waals surface area contributed by atoms with Crippen molar-refractivity contribution in [2.24, 2.45) is 17.1 Å². The Kier molecular flexibility index (Phi) is 7.85. The summed E-state index contributed by atoms with van der Waals surface area (Å²) in [6.45, 7) is 1.58. The molecule has 246 valence electrons. The predicted octanol–water partition coefficient (Wildman–Crippen LogP) is 6.01. The van der Waals surface area contributed by atoms with E-state index in [1.54, 1.807) is 6.92 Å². The van der Waals surface area contributed by atoms with Crippen LogP contribution in [0.5, 0.6) is 0 Å². The Morgan fingerprint density at radius 3 is 2.00 bits per heavy atom. The molecule has 2 atom stereocenters. The van der Waals surface area contributed by atoms with Gasteiger partial charge in [0.25, 0.3) is 0 Å². The standard InChI is InChI=1S/C30H30F8N2O4S/c1-26(12-10-17(11-13-26)24(39)41)25(42)40-15-14-27(45(43,44)21-6-4-20(31)5-7-21)22-8-3-19(16-18(22)2-9-23(27)40)28(32,29(33,34)35)30(36,37)38/h3-8,16-17,23H,2,9-15H2,1H3,(H2,39,41)/t17?,23-,26?,27-/m0/s1. The zero-order chi connectivity index (χ0) is 33.4. The molecule has 0 unspecified atom stereocenters. The predicted molar refractivity (Wildman–Crippen MR) is 144 cm³/mol. The molecule has 2 fully saturated rings. The van der Waals surface area contributed by atoms with Crippen LogP contribution in [0.25, 0.3) is 0 Å². The van der Waals surface area contributed by atoms with E-state index in [1.165, 1.54) is 4.90 Å². The van der Waals surface area contributed by atoms with Crippen molar-refractivity contribution in [2.45, 2.75) is 85.6 Å². The molecule has 1 saturated heterocycles. The van der Waals surface area contributed by atoms with Crippen molar-refractivity contribution >= 4 is 21.7 Å². The quantitative estimate of drug-likeness (QED) is 0.312. The molecule has 0 aromatic heterocycles. The van der Waals surface area contributed by atoms with E-state index in [2.05, 4.69) is 0 Å². The third kappa shape index (κ3) is 4.91. The maximum absolute atomic E-state index is 15.0. The number of nitrogens with zero attached hydrogens (tertiary/aromatic N) is 1. The molecular formula is C30H30F8N2O4S. The van der Waals surface area contributed by atoms with E-state index in [0.717, 1.165) is 30.3 Å². The lowest BCUT2D eigenvalue weighted by Gasteiger charge is -2.45. The fraction of sp³-hybridized carbons (Fsp3) is 0.533. The highest BCUT2D eigenvalue weighted by Gasteiger charge is 2.74. The Morgan fingerprint density at radius 1 is 0.889 bits per heavy atom. The SMILES string of the molecule is CC1(C(=O)N2CC[C@]3(S(=O)(=O)c4ccc(F)cc4)c4ccc(C(F)(C(F)(F)F)C(F)(F)F)cc4CC[C@H]23)CCC(C(N)=O)CC1. The number of hydrogen-bond acceptors (Lipinski definition) is 4. The van der Waals surface area contributed by atoms with Crippen LogP contribution in [0.3, 0.4) is 0 Å². The smallest absolute Gasteiger partial charge is 0.369 e. The lowest BCUT2D eigenvalue weighted by Crippen LogP contribution is -2.55. The van der Waals surface area contributed by atoms with Crippen molar-refractivity contribution in [1.82, 2.24) is 4.90 Å². The Labute approximate surface area is 253 Å². The first kappa shape index (κ1) is 33.1. The van der Waals surface area contributed by atoms with Crippen molar-refractivity contribution < 1.29 is 53.1 Å². The van der Waals surface area contributed by atoms with Gasteiger partial charge < -0.3 is 10.6 Å². The van der Waals surface area contributed by atoms with E-state index in [9.17, 15) is 48.7 Å². The van der Waals surface area contributed by atoms with Crippen molar-refractivity contribution in [1.29, 1.82) is 0 Å². The van der Waals surface area contributed by atoms with Crippen LogP contribution in [0.2, 0.25) is 0 Å². The van der Waals surface area contributed by atoms with E-state index in [0.29, 0.717) is 25.0 Å². The number of amides is 2. The molecule has 2 aromatic carbocycles. The molecule has 45 heavy (non-hydrogen) atoms. The Bertz CT molecular complexity index is 1600. The van der Waals surface area contributed by atoms with Crippen molar-refractivity contribution in [3.63, 3.8) is 0 Å². The molecule has 15 heteroatoms. The first-order valence-electron chi connectivity index (χ1n) is 14.3. The molecule has 0 radical (unpaired) electrons. The van der Waals surface area contributed by atoms with Gasteiger partial charge in [-0.25, -0.2) is 17.2 Å². The van der Waals surface area contributed by atoms with Crippen LogP contribution in [-0.2, 0) is 36.3 Å². The van der Waals surface area contributed by atoms with Gasteiger partial charge in [0.15, 0.2) is 9.84 Å². The number of alkyl halides is 7. The molecule has 0 bridgehead atoms. The highest BCUT2D eigenvalue weighted by atomic mass is 32.2. The van der Waals surface area contributed by atoms with E-state index in [4.69, 9.17) is 5.73 Å². The minimum absolute atomic E-state index is 0.113. The first-order valence-corrected chi connectivity index (χ1v) is 15.8. The average molecular weight is 667 g/mol. The van der Waals surface area contributed by atoms with Crippen LogP contribution >= 0.6 is 0 Å². The van der Waals surface area contributed by atoms with Crippen molar-refractivity contribution in [2.75, 3.05) is 6.54 Å². The van der Waals surface area contributed by atoms with E-state index in [1.807, 2.05) is 0 Å². The highest BCUT2D eigenvalue weighted by molar-refractivity contribution is 7.92. The molecule has 3 aliphatic rings. The van der Waals surface area contributed by atoms with E-state index < -0.39 is 73.2 Å². The van der Waals surface area contributed by atoms with Crippen LogP contribution in [-0.4, -0.2) is 50.1 Å². The zero-order valence-electron chi connectivity index (χ0n) is 23.9. The molecule has 1 heterocycles. The lowest BCUT2D eigenvalue weighted by molar-refractivity contribution is -0.348. The van der Waals surface area contributed by atoms with Crippen LogP contribution in [0.4, 0.5) is 35.1 Å². The number of primary amides is 1. The van der Waals surface area contributed by atoms with Gasteiger partial charge in [0.2, 0.25) is 11.8 Å². The summed E-state index contributed by atoms with van der Waals surface area (Å²) < 4.78 is 137. The fourth-order valence-electron chi connectivity index (χ4n) is 7.40. The average Bonchev–Trinajstić information content (AvgIpc) is 3.37. The Hall–Kier alpha value is -3.23. The molecule has 2 amide bonds. The normalized spacial score (nSPS) is 27.5. The summed E-state index contributed by atoms with van der Waals surface area (Å²) >= 11 is 0. The van der Waals surface area contributed by atoms with Gasteiger partial charge in [-0.1, -0.05) is 25.1 Å². The number of halogens is 8. The number of benzene rings is 2. The number of fused-ring (bicyclic) bond motifs is 3. The second kappa shape index (κ2) is 10.7. The Morgan fingerprint density at radius 2 is 1.47 bits per heavy atom. The number of carbonyl (C=O) groups is 2. The van der Waals surface area contributed by atoms with Gasteiger partial charge in [0.1, 0.15) is 10.6 Å². The molecule has 5 rings (SSSR count). The second-order valence-corrected chi connectivity index (χ2v) is 14.6. The fourth-order valence-corrected chi connectivity index (χ4v) is 9.76. The monoisotopic (exact) mass is 666 g/mol. The van der Waals surface area contributed by atoms with Gasteiger partial charge in [-0.15, -0.1) is 0 Å². The summed E-state index contributed by atoms with van der Waals surface area (Å²) in [7, 11) is -4.59. The summed E-state index contributed by atoms with van der Waals surface area (Å²) in [4.78, 5) is 26.8. The van der Waals surface area contributed by atoms with E-state index >= 15 is 4.39 Å². The molecular weight excluding hydrogens is 636 g/mol. The van der Waals surface area contributed by atoms with Gasteiger partial charge in [0, 0.05) is 23.4 Å². The number of nitrogens with two attached hydrogens (primary N) is 1. The summed E-state index contributed by atoms with van der Waals surface area (Å²) in [5.74, 6) is -2.07. The number of carbonyl (C=O) groups excluding carboxylic acids is 2. The van der Waals surface area contributed by atoms with Gasteiger partial charge in [-0.2, -0.15) is 26.3 Å². The third-order valence-electron chi connectivity index (χ3n) is 9.94. The lowest BCUT2D eigenvalue weighted by atomic mass is 9.70. The maximum atomic E-state index is 15.0. The number of sulfone groups is 1. The molecule has 1 saturated carbocycles. The molecule has 0 spiro atoms. The molecule has 2 aromatic rings. The van der Waals surface area contributed by atoms with E-state index in [-0.39, 0.29) is 54.7 Å². The van der Waals surface area contributed by atoms with Crippen LogP contribution < -0.4 is 5.73 Å². The van der Waals surface area contributed by atoms with Crippen LogP contribution in [0.1, 0.15) is 62.1 Å². The van der Waals surface area contributed by atoms with Gasteiger partial charge >= 0.3 is 18.0 Å². The number of rotatable bonds is 5.